The maximum absolute atomic E-state index is 13.7. The van der Waals surface area contributed by atoms with E-state index in [0.717, 1.165) is 77.0 Å². The summed E-state index contributed by atoms with van der Waals surface area (Å²) in [6.07, 6.45) is 13.4. The summed E-state index contributed by atoms with van der Waals surface area (Å²) in [5.74, 6) is 1.59. The Bertz CT molecular complexity index is 1210. The summed E-state index contributed by atoms with van der Waals surface area (Å²) < 4.78 is 8.85. The minimum Gasteiger partial charge on any atom is -0.427 e. The molecule has 10 heteroatoms. The van der Waals surface area contributed by atoms with Crippen molar-refractivity contribution < 1.29 is 4.74 Å². The van der Waals surface area contributed by atoms with E-state index in [2.05, 4.69) is 12.1 Å². The van der Waals surface area contributed by atoms with Gasteiger partial charge >= 0.3 is 17.1 Å². The molecule has 0 unspecified atom stereocenters. The third kappa shape index (κ3) is 7.45. The molecule has 3 saturated carbocycles. The van der Waals surface area contributed by atoms with Gasteiger partial charge in [-0.2, -0.15) is 15.8 Å². The Balaban J connectivity index is 1.55. The lowest BCUT2D eigenvalue weighted by Crippen LogP contribution is -2.56. The molecule has 4 rings (SSSR count). The van der Waals surface area contributed by atoms with Gasteiger partial charge in [-0.15, -0.1) is 0 Å². The maximum Gasteiger partial charge on any atom is 0.336 e. The summed E-state index contributed by atoms with van der Waals surface area (Å²) in [4.78, 5) is 41.0. The first kappa shape index (κ1) is 29.7. The molecule has 3 aliphatic carbocycles. The molecule has 0 bridgehead atoms. The molecule has 216 valence electrons. The highest BCUT2D eigenvalue weighted by Crippen LogP contribution is 2.33. The van der Waals surface area contributed by atoms with Gasteiger partial charge in [-0.3, -0.25) is 0 Å². The van der Waals surface area contributed by atoms with E-state index in [1.165, 1.54) is 13.7 Å². The third-order valence-corrected chi connectivity index (χ3v) is 9.75. The van der Waals surface area contributed by atoms with Gasteiger partial charge in [-0.05, 0) is 113 Å². The van der Waals surface area contributed by atoms with Crippen molar-refractivity contribution in [1.29, 1.82) is 15.8 Å². The van der Waals surface area contributed by atoms with Gasteiger partial charge in [-0.25, -0.2) is 28.1 Å². The van der Waals surface area contributed by atoms with Gasteiger partial charge in [0, 0.05) is 32.5 Å². The van der Waals surface area contributed by atoms with Crippen molar-refractivity contribution in [2.75, 3.05) is 6.61 Å². The largest absolute Gasteiger partial charge is 0.427 e. The number of nitrogens with zero attached hydrogens (tertiary/aromatic N) is 6. The highest BCUT2D eigenvalue weighted by molar-refractivity contribution is 4.87. The molecule has 0 radical (unpaired) electrons. The average molecular weight is 551 g/mol. The van der Waals surface area contributed by atoms with Crippen LogP contribution in [0.1, 0.15) is 89.9 Å². The second-order valence-electron chi connectivity index (χ2n) is 12.5. The molecule has 40 heavy (non-hydrogen) atoms. The van der Waals surface area contributed by atoms with Crippen LogP contribution >= 0.6 is 0 Å². The minimum absolute atomic E-state index is 0.158. The number of nitriles is 3. The van der Waals surface area contributed by atoms with Crippen LogP contribution in [0.2, 0.25) is 0 Å². The van der Waals surface area contributed by atoms with Gasteiger partial charge in [0.25, 0.3) is 6.26 Å². The molecule has 0 aliphatic heterocycles. The van der Waals surface area contributed by atoms with Gasteiger partial charge in [-0.1, -0.05) is 0 Å². The molecule has 0 N–H and O–H groups in total. The Morgan fingerprint density at radius 3 is 1.12 bits per heavy atom. The molecular formula is C30H42N6O4. The van der Waals surface area contributed by atoms with Gasteiger partial charge in [0.05, 0.1) is 12.1 Å². The van der Waals surface area contributed by atoms with Crippen LogP contribution in [0.3, 0.4) is 0 Å². The van der Waals surface area contributed by atoms with Crippen LogP contribution in [0.4, 0.5) is 0 Å². The summed E-state index contributed by atoms with van der Waals surface area (Å²) in [5, 5.41) is 26.8. The lowest BCUT2D eigenvalue weighted by molar-refractivity contribution is 0.151. The van der Waals surface area contributed by atoms with Crippen molar-refractivity contribution in [2.45, 2.75) is 110 Å². The maximum atomic E-state index is 13.7. The van der Waals surface area contributed by atoms with Crippen LogP contribution in [-0.2, 0) is 24.4 Å². The Hall–Kier alpha value is -3.32. The normalized spacial score (nSPS) is 28.6. The van der Waals surface area contributed by atoms with Gasteiger partial charge < -0.3 is 4.74 Å². The quantitative estimate of drug-likeness (QED) is 0.401. The Labute approximate surface area is 235 Å². The Morgan fingerprint density at radius 1 is 0.525 bits per heavy atom. The molecule has 1 heterocycles. The third-order valence-electron chi connectivity index (χ3n) is 9.75. The van der Waals surface area contributed by atoms with Gasteiger partial charge in [0.2, 0.25) is 0 Å². The summed E-state index contributed by atoms with van der Waals surface area (Å²) in [7, 11) is 0. The average Bonchev–Trinajstić information content (AvgIpc) is 2.97. The van der Waals surface area contributed by atoms with Gasteiger partial charge in [0.1, 0.15) is 6.61 Å². The van der Waals surface area contributed by atoms with E-state index < -0.39 is 17.1 Å². The number of hydrogen-bond donors (Lipinski definition) is 0. The molecule has 0 atom stereocenters. The van der Waals surface area contributed by atoms with Crippen LogP contribution in [0.15, 0.2) is 14.4 Å². The highest BCUT2D eigenvalue weighted by atomic mass is 16.5. The van der Waals surface area contributed by atoms with Crippen molar-refractivity contribution in [2.24, 2.45) is 35.5 Å². The molecule has 3 fully saturated rings. The van der Waals surface area contributed by atoms with E-state index in [-0.39, 0.29) is 17.8 Å². The van der Waals surface area contributed by atoms with E-state index in [1.807, 2.05) is 0 Å². The fourth-order valence-corrected chi connectivity index (χ4v) is 7.16. The smallest absolute Gasteiger partial charge is 0.336 e. The van der Waals surface area contributed by atoms with E-state index in [4.69, 9.17) is 20.5 Å². The highest BCUT2D eigenvalue weighted by Gasteiger charge is 2.28. The topological polar surface area (TPSA) is 147 Å². The first-order valence-corrected chi connectivity index (χ1v) is 15.1. The summed E-state index contributed by atoms with van der Waals surface area (Å²) in [6.45, 7) is 1.33. The zero-order valence-corrected chi connectivity index (χ0v) is 23.5. The number of rotatable bonds is 10. The number of hydrogen-bond acceptors (Lipinski definition) is 7. The number of ether oxygens (including phenoxy) is 1. The van der Waals surface area contributed by atoms with Crippen molar-refractivity contribution in [1.82, 2.24) is 13.7 Å². The second kappa shape index (κ2) is 14.4. The summed E-state index contributed by atoms with van der Waals surface area (Å²) in [6, 6.07) is 4.52. The molecule has 1 aromatic rings. The van der Waals surface area contributed by atoms with E-state index >= 15 is 0 Å². The van der Waals surface area contributed by atoms with E-state index in [1.54, 1.807) is 6.26 Å². The van der Waals surface area contributed by atoms with Crippen LogP contribution in [0.25, 0.3) is 0 Å². The first-order valence-electron chi connectivity index (χ1n) is 15.1. The van der Waals surface area contributed by atoms with Crippen molar-refractivity contribution >= 4 is 0 Å². The fourth-order valence-electron chi connectivity index (χ4n) is 7.16. The fraction of sp³-hybridized carbons (Fsp3) is 0.800. The second-order valence-corrected chi connectivity index (χ2v) is 12.5. The summed E-state index contributed by atoms with van der Waals surface area (Å²) >= 11 is 0. The van der Waals surface area contributed by atoms with Crippen molar-refractivity contribution in [3.63, 3.8) is 0 Å². The first-order chi connectivity index (χ1) is 19.4. The standard InChI is InChI=1S/C30H42N6O4/c31-15-13-22-1-5-24(6-2-22)17-34-28(37)35(18-25-7-3-23(4-8-25)14-16-32)30(39)36(29(34)38)19-26-9-11-27(12-10-26)20-40-21-33/h22-27H,1-14,17-20H2. The van der Waals surface area contributed by atoms with E-state index in [0.29, 0.717) is 56.8 Å². The van der Waals surface area contributed by atoms with Crippen LogP contribution < -0.4 is 17.1 Å². The van der Waals surface area contributed by atoms with Crippen molar-refractivity contribution in [3.8, 4) is 18.4 Å². The lowest BCUT2D eigenvalue weighted by Gasteiger charge is -2.30. The van der Waals surface area contributed by atoms with E-state index in [9.17, 15) is 14.4 Å². The molecule has 10 nitrogen and oxygen atoms in total. The molecule has 1 aromatic heterocycles. The zero-order chi connectivity index (χ0) is 28.5. The molecule has 0 aromatic carbocycles. The molecule has 0 spiro atoms. The predicted molar refractivity (Wildman–Crippen MR) is 148 cm³/mol. The predicted octanol–water partition coefficient (Wildman–Crippen LogP) is 3.92. The molecule has 0 saturated heterocycles. The Kier molecular flexibility index (Phi) is 10.6. The molecular weight excluding hydrogens is 508 g/mol. The SMILES string of the molecule is N#CCC1CCC(Cn2c(=O)n(CC3CCC(CC#N)CC3)c(=O)n(CC3CCC(COC#N)CC3)c2=O)CC1. The minimum atomic E-state index is -0.502. The Morgan fingerprint density at radius 2 is 0.825 bits per heavy atom. The summed E-state index contributed by atoms with van der Waals surface area (Å²) in [5.41, 5.74) is -1.50. The van der Waals surface area contributed by atoms with Crippen LogP contribution in [0, 0.1) is 69.7 Å². The zero-order valence-electron chi connectivity index (χ0n) is 23.5. The monoisotopic (exact) mass is 550 g/mol. The van der Waals surface area contributed by atoms with Crippen molar-refractivity contribution in [3.05, 3.63) is 31.5 Å². The lowest BCUT2D eigenvalue weighted by atomic mass is 9.80. The molecule has 3 aliphatic rings. The van der Waals surface area contributed by atoms with Gasteiger partial charge in [0.15, 0.2) is 0 Å². The number of aromatic nitrogens is 3. The van der Waals surface area contributed by atoms with Crippen LogP contribution in [-0.4, -0.2) is 20.3 Å². The van der Waals surface area contributed by atoms with Crippen LogP contribution in [0.5, 0.6) is 0 Å². The molecule has 0 amide bonds.